The summed E-state index contributed by atoms with van der Waals surface area (Å²) in [5, 5.41) is 1.95. The number of amides is 3. The van der Waals surface area contributed by atoms with Gasteiger partial charge in [-0.1, -0.05) is 12.1 Å². The lowest BCUT2D eigenvalue weighted by Crippen LogP contribution is -2.42. The molecule has 0 aromatic heterocycles. The molecule has 0 aliphatic carbocycles. The molecule has 0 saturated heterocycles. The minimum Gasteiger partial charge on any atom is -0.489 e. The standard InChI is InChI=1S/C12H16FN3O3/c1-16(8-11(17)15-12(14)18)6-7-19-10-5-3-2-4-9(10)13/h2-5H,6-8H2,1H3,(H3,14,15,17,18). The lowest BCUT2D eigenvalue weighted by atomic mass is 10.3. The SMILES string of the molecule is CN(CCOc1ccccc1F)CC(=O)NC(N)=O. The Hall–Kier alpha value is -2.15. The number of halogens is 1. The number of benzene rings is 1. The number of imide groups is 1. The second-order valence-corrected chi connectivity index (χ2v) is 3.93. The zero-order valence-electron chi connectivity index (χ0n) is 10.6. The number of carbonyl (C=O) groups excluding carboxylic acids is 2. The van der Waals surface area contributed by atoms with Crippen molar-refractivity contribution in [3.05, 3.63) is 30.1 Å². The highest BCUT2D eigenvalue weighted by atomic mass is 19.1. The molecule has 3 N–H and O–H groups in total. The fourth-order valence-electron chi connectivity index (χ4n) is 1.37. The van der Waals surface area contributed by atoms with Gasteiger partial charge in [-0.3, -0.25) is 15.0 Å². The van der Waals surface area contributed by atoms with Crippen molar-refractivity contribution < 1.29 is 18.7 Å². The summed E-state index contributed by atoms with van der Waals surface area (Å²) in [6.45, 7) is 0.630. The first kappa shape index (κ1) is 14.9. The predicted molar refractivity (Wildman–Crippen MR) is 67.1 cm³/mol. The van der Waals surface area contributed by atoms with E-state index in [0.29, 0.717) is 6.54 Å². The van der Waals surface area contributed by atoms with E-state index in [1.165, 1.54) is 12.1 Å². The van der Waals surface area contributed by atoms with E-state index in [1.54, 1.807) is 24.1 Å². The molecule has 0 bridgehead atoms. The Kier molecular flexibility index (Phi) is 5.74. The number of nitrogens with two attached hydrogens (primary N) is 1. The molecule has 0 heterocycles. The fraction of sp³-hybridized carbons (Fsp3) is 0.333. The van der Waals surface area contributed by atoms with Crippen molar-refractivity contribution in [1.29, 1.82) is 0 Å². The van der Waals surface area contributed by atoms with Gasteiger partial charge in [-0.05, 0) is 19.2 Å². The number of primary amides is 1. The zero-order valence-corrected chi connectivity index (χ0v) is 10.6. The van der Waals surface area contributed by atoms with Crippen molar-refractivity contribution in [1.82, 2.24) is 10.2 Å². The number of nitrogens with one attached hydrogen (secondary N) is 1. The first-order valence-corrected chi connectivity index (χ1v) is 5.64. The van der Waals surface area contributed by atoms with Gasteiger partial charge in [0.2, 0.25) is 5.91 Å². The van der Waals surface area contributed by atoms with Crippen LogP contribution >= 0.6 is 0 Å². The van der Waals surface area contributed by atoms with Crippen molar-refractivity contribution in [2.45, 2.75) is 0 Å². The maximum atomic E-state index is 13.2. The molecule has 0 spiro atoms. The Balaban J connectivity index is 2.27. The van der Waals surface area contributed by atoms with Gasteiger partial charge in [0.15, 0.2) is 11.6 Å². The molecule has 19 heavy (non-hydrogen) atoms. The average Bonchev–Trinajstić information content (AvgIpc) is 2.30. The zero-order chi connectivity index (χ0) is 14.3. The highest BCUT2D eigenvalue weighted by Crippen LogP contribution is 2.14. The second kappa shape index (κ2) is 7.32. The second-order valence-electron chi connectivity index (χ2n) is 3.93. The fourth-order valence-corrected chi connectivity index (χ4v) is 1.37. The van der Waals surface area contributed by atoms with E-state index in [-0.39, 0.29) is 18.9 Å². The van der Waals surface area contributed by atoms with Gasteiger partial charge >= 0.3 is 6.03 Å². The number of hydrogen-bond donors (Lipinski definition) is 2. The third-order valence-electron chi connectivity index (χ3n) is 2.24. The first-order chi connectivity index (χ1) is 8.99. The van der Waals surface area contributed by atoms with Crippen molar-refractivity contribution in [3.8, 4) is 5.75 Å². The summed E-state index contributed by atoms with van der Waals surface area (Å²) in [7, 11) is 1.67. The lowest BCUT2D eigenvalue weighted by Gasteiger charge is -2.16. The highest BCUT2D eigenvalue weighted by Gasteiger charge is 2.08. The number of carbonyl (C=O) groups is 2. The first-order valence-electron chi connectivity index (χ1n) is 5.64. The molecule has 1 aromatic carbocycles. The van der Waals surface area contributed by atoms with E-state index in [0.717, 1.165) is 0 Å². The van der Waals surface area contributed by atoms with E-state index in [2.05, 4.69) is 0 Å². The van der Waals surface area contributed by atoms with E-state index in [1.807, 2.05) is 5.32 Å². The molecule has 0 fully saturated rings. The van der Waals surface area contributed by atoms with Crippen LogP contribution in [0.1, 0.15) is 0 Å². The minimum atomic E-state index is -0.888. The Morgan fingerprint density at radius 3 is 2.74 bits per heavy atom. The van der Waals surface area contributed by atoms with Gasteiger partial charge in [-0.15, -0.1) is 0 Å². The van der Waals surface area contributed by atoms with E-state index in [9.17, 15) is 14.0 Å². The highest BCUT2D eigenvalue weighted by molar-refractivity contribution is 5.94. The van der Waals surface area contributed by atoms with Gasteiger partial charge < -0.3 is 10.5 Å². The number of likely N-dealkylation sites (N-methyl/N-ethyl adjacent to an activating group) is 1. The van der Waals surface area contributed by atoms with Gasteiger partial charge in [0.05, 0.1) is 6.54 Å². The Bertz CT molecular complexity index is 454. The van der Waals surface area contributed by atoms with Gasteiger partial charge in [0, 0.05) is 6.54 Å². The van der Waals surface area contributed by atoms with Crippen LogP contribution in [0.3, 0.4) is 0 Å². The smallest absolute Gasteiger partial charge is 0.318 e. The number of hydrogen-bond acceptors (Lipinski definition) is 4. The van der Waals surface area contributed by atoms with Crippen LogP contribution in [-0.2, 0) is 4.79 Å². The number of nitrogens with zero attached hydrogens (tertiary/aromatic N) is 1. The van der Waals surface area contributed by atoms with E-state index < -0.39 is 17.8 Å². The Labute approximate surface area is 110 Å². The number of urea groups is 1. The quantitative estimate of drug-likeness (QED) is 0.779. The summed E-state index contributed by atoms with van der Waals surface area (Å²) in [4.78, 5) is 23.3. The Morgan fingerprint density at radius 1 is 1.42 bits per heavy atom. The number of rotatable bonds is 6. The van der Waals surface area contributed by atoms with Gasteiger partial charge in [-0.25, -0.2) is 9.18 Å². The summed E-state index contributed by atoms with van der Waals surface area (Å²) in [5.74, 6) is -0.769. The van der Waals surface area contributed by atoms with Crippen molar-refractivity contribution in [2.24, 2.45) is 5.73 Å². The molecule has 1 rings (SSSR count). The molecule has 0 radical (unpaired) electrons. The molecule has 7 heteroatoms. The van der Waals surface area contributed by atoms with Crippen molar-refractivity contribution in [2.75, 3.05) is 26.7 Å². The van der Waals surface area contributed by atoms with Crippen LogP contribution in [0.5, 0.6) is 5.75 Å². The van der Waals surface area contributed by atoms with Crippen LogP contribution < -0.4 is 15.8 Å². The topological polar surface area (TPSA) is 84.7 Å². The van der Waals surface area contributed by atoms with Gasteiger partial charge in [0.25, 0.3) is 0 Å². The molecule has 1 aromatic rings. The lowest BCUT2D eigenvalue weighted by molar-refractivity contribution is -0.120. The monoisotopic (exact) mass is 269 g/mol. The molecule has 0 saturated carbocycles. The third-order valence-corrected chi connectivity index (χ3v) is 2.24. The van der Waals surface area contributed by atoms with E-state index >= 15 is 0 Å². The molecular formula is C12H16FN3O3. The summed E-state index contributed by atoms with van der Waals surface area (Å²) >= 11 is 0. The van der Waals surface area contributed by atoms with Crippen LogP contribution in [0.25, 0.3) is 0 Å². The van der Waals surface area contributed by atoms with E-state index in [4.69, 9.17) is 10.5 Å². The van der Waals surface area contributed by atoms with Crippen molar-refractivity contribution in [3.63, 3.8) is 0 Å². The molecule has 0 unspecified atom stereocenters. The van der Waals surface area contributed by atoms with Gasteiger partial charge in [-0.2, -0.15) is 0 Å². The molecule has 0 atom stereocenters. The molecule has 0 aliphatic rings. The number of ether oxygens (including phenoxy) is 1. The minimum absolute atomic E-state index is 0.00354. The summed E-state index contributed by atoms with van der Waals surface area (Å²) in [6.07, 6.45) is 0. The average molecular weight is 269 g/mol. The van der Waals surface area contributed by atoms with Crippen LogP contribution in [0.2, 0.25) is 0 Å². The van der Waals surface area contributed by atoms with Gasteiger partial charge in [0.1, 0.15) is 6.61 Å². The van der Waals surface area contributed by atoms with Crippen LogP contribution in [0.4, 0.5) is 9.18 Å². The maximum Gasteiger partial charge on any atom is 0.318 e. The molecule has 6 nitrogen and oxygen atoms in total. The summed E-state index contributed by atoms with van der Waals surface area (Å²) < 4.78 is 18.4. The maximum absolute atomic E-state index is 13.2. The van der Waals surface area contributed by atoms with Crippen LogP contribution in [0, 0.1) is 5.82 Å². The van der Waals surface area contributed by atoms with Crippen LogP contribution in [-0.4, -0.2) is 43.6 Å². The number of para-hydroxylation sites is 1. The molecule has 0 aliphatic heterocycles. The van der Waals surface area contributed by atoms with Crippen molar-refractivity contribution >= 4 is 11.9 Å². The molecular weight excluding hydrogens is 253 g/mol. The summed E-state index contributed by atoms with van der Waals surface area (Å²) in [6, 6.07) is 5.18. The third kappa shape index (κ3) is 5.82. The predicted octanol–water partition coefficient (Wildman–Crippen LogP) is 0.331. The van der Waals surface area contributed by atoms with Crippen LogP contribution in [0.15, 0.2) is 24.3 Å². The molecule has 3 amide bonds. The normalized spacial score (nSPS) is 10.3. The summed E-state index contributed by atoms with van der Waals surface area (Å²) in [5.41, 5.74) is 4.81. The Morgan fingerprint density at radius 2 is 2.11 bits per heavy atom. The molecule has 104 valence electrons. The largest absolute Gasteiger partial charge is 0.489 e.